The van der Waals surface area contributed by atoms with Crippen molar-refractivity contribution in [1.82, 2.24) is 15.6 Å². The highest BCUT2D eigenvalue weighted by Crippen LogP contribution is 2.03. The van der Waals surface area contributed by atoms with Crippen molar-refractivity contribution < 1.29 is 9.59 Å². The molecule has 6 heteroatoms. The number of pyridine rings is 1. The molecular formula is C12H18N4O2. The van der Waals surface area contributed by atoms with Gasteiger partial charge >= 0.3 is 0 Å². The van der Waals surface area contributed by atoms with Crippen LogP contribution in [0.5, 0.6) is 0 Å². The zero-order chi connectivity index (χ0) is 13.5. The molecule has 1 aromatic rings. The second-order valence-corrected chi connectivity index (χ2v) is 4.09. The molecule has 0 saturated carbocycles. The van der Waals surface area contributed by atoms with Gasteiger partial charge in [0, 0.05) is 19.3 Å². The third kappa shape index (κ3) is 4.40. The molecule has 98 valence electrons. The molecule has 0 unspecified atom stereocenters. The number of aromatic nitrogens is 1. The molecular weight excluding hydrogens is 232 g/mol. The zero-order valence-electron chi connectivity index (χ0n) is 10.8. The third-order valence-electron chi connectivity index (χ3n) is 2.14. The minimum absolute atomic E-state index is 0.0369. The first-order valence-electron chi connectivity index (χ1n) is 5.74. The van der Waals surface area contributed by atoms with Crippen LogP contribution in [0.2, 0.25) is 0 Å². The van der Waals surface area contributed by atoms with Crippen molar-refractivity contribution >= 4 is 17.6 Å². The third-order valence-corrected chi connectivity index (χ3v) is 2.14. The van der Waals surface area contributed by atoms with Crippen LogP contribution in [0.15, 0.2) is 18.3 Å². The van der Waals surface area contributed by atoms with Crippen molar-refractivity contribution in [2.75, 3.05) is 18.9 Å². The average Bonchev–Trinajstić information content (AvgIpc) is 2.35. The van der Waals surface area contributed by atoms with E-state index in [9.17, 15) is 9.59 Å². The van der Waals surface area contributed by atoms with Gasteiger partial charge in [-0.2, -0.15) is 0 Å². The number of carbonyl (C=O) groups is 2. The molecule has 0 radical (unpaired) electrons. The van der Waals surface area contributed by atoms with Crippen molar-refractivity contribution in [3.63, 3.8) is 0 Å². The molecule has 0 aliphatic heterocycles. The van der Waals surface area contributed by atoms with E-state index < -0.39 is 0 Å². The molecule has 0 spiro atoms. The van der Waals surface area contributed by atoms with Crippen molar-refractivity contribution in [2.24, 2.45) is 0 Å². The van der Waals surface area contributed by atoms with Crippen LogP contribution in [-0.4, -0.2) is 36.4 Å². The number of hydrogen-bond donors (Lipinski definition) is 3. The van der Waals surface area contributed by atoms with Crippen molar-refractivity contribution in [3.8, 4) is 0 Å². The Bertz CT molecular complexity index is 415. The summed E-state index contributed by atoms with van der Waals surface area (Å²) in [5, 5.41) is 8.08. The van der Waals surface area contributed by atoms with Crippen molar-refractivity contribution in [1.29, 1.82) is 0 Å². The SMILES string of the molecule is CNc1ccc(C(=O)NCC(=O)NC(C)C)cn1. The first-order valence-corrected chi connectivity index (χ1v) is 5.74. The molecule has 18 heavy (non-hydrogen) atoms. The fraction of sp³-hybridized carbons (Fsp3) is 0.417. The standard InChI is InChI=1S/C12H18N4O2/c1-8(2)16-11(17)7-15-12(18)9-4-5-10(13-3)14-6-9/h4-6,8H,7H2,1-3H3,(H,13,14)(H,15,18)(H,16,17). The summed E-state index contributed by atoms with van der Waals surface area (Å²) in [6.45, 7) is 3.69. The van der Waals surface area contributed by atoms with Crippen LogP contribution in [0, 0.1) is 0 Å². The smallest absolute Gasteiger partial charge is 0.253 e. The maximum absolute atomic E-state index is 11.7. The quantitative estimate of drug-likeness (QED) is 0.705. The van der Waals surface area contributed by atoms with Gasteiger partial charge in [-0.25, -0.2) is 4.98 Å². The van der Waals surface area contributed by atoms with Gasteiger partial charge in [-0.3, -0.25) is 9.59 Å². The highest BCUT2D eigenvalue weighted by Gasteiger charge is 2.08. The largest absolute Gasteiger partial charge is 0.373 e. The zero-order valence-corrected chi connectivity index (χ0v) is 10.8. The predicted molar refractivity (Wildman–Crippen MR) is 69.4 cm³/mol. The topological polar surface area (TPSA) is 83.1 Å². The molecule has 0 saturated heterocycles. The number of nitrogens with one attached hydrogen (secondary N) is 3. The molecule has 0 fully saturated rings. The van der Waals surface area contributed by atoms with Gasteiger partial charge < -0.3 is 16.0 Å². The van der Waals surface area contributed by atoms with Crippen LogP contribution in [0.1, 0.15) is 24.2 Å². The molecule has 0 aliphatic rings. The van der Waals surface area contributed by atoms with Crippen LogP contribution in [0.3, 0.4) is 0 Å². The van der Waals surface area contributed by atoms with E-state index in [0.29, 0.717) is 11.4 Å². The van der Waals surface area contributed by atoms with Crippen LogP contribution >= 0.6 is 0 Å². The summed E-state index contributed by atoms with van der Waals surface area (Å²) >= 11 is 0. The molecule has 3 N–H and O–H groups in total. The number of rotatable bonds is 5. The molecule has 1 aromatic heterocycles. The van der Waals surface area contributed by atoms with E-state index >= 15 is 0 Å². The molecule has 0 bridgehead atoms. The summed E-state index contributed by atoms with van der Waals surface area (Å²) in [6, 6.07) is 3.41. The summed E-state index contributed by atoms with van der Waals surface area (Å²) in [4.78, 5) is 27.0. The highest BCUT2D eigenvalue weighted by atomic mass is 16.2. The van der Waals surface area contributed by atoms with E-state index in [4.69, 9.17) is 0 Å². The lowest BCUT2D eigenvalue weighted by molar-refractivity contribution is -0.120. The van der Waals surface area contributed by atoms with E-state index in [2.05, 4.69) is 20.9 Å². The molecule has 0 aromatic carbocycles. The van der Waals surface area contributed by atoms with E-state index in [-0.39, 0.29) is 24.4 Å². The molecule has 0 aliphatic carbocycles. The van der Waals surface area contributed by atoms with E-state index in [0.717, 1.165) is 0 Å². The lowest BCUT2D eigenvalue weighted by Crippen LogP contribution is -2.39. The summed E-state index contributed by atoms with van der Waals surface area (Å²) in [7, 11) is 1.75. The Hall–Kier alpha value is -2.11. The van der Waals surface area contributed by atoms with E-state index in [1.54, 1.807) is 19.2 Å². The Balaban J connectivity index is 2.47. The van der Waals surface area contributed by atoms with Crippen LogP contribution in [0.4, 0.5) is 5.82 Å². The Morgan fingerprint density at radius 3 is 2.56 bits per heavy atom. The Morgan fingerprint density at radius 2 is 2.06 bits per heavy atom. The maximum atomic E-state index is 11.7. The first-order chi connectivity index (χ1) is 8.52. The fourth-order valence-corrected chi connectivity index (χ4v) is 1.31. The summed E-state index contributed by atoms with van der Waals surface area (Å²) in [6.07, 6.45) is 1.46. The Kier molecular flexibility index (Phi) is 5.10. The summed E-state index contributed by atoms with van der Waals surface area (Å²) in [5.41, 5.74) is 0.423. The predicted octanol–water partition coefficient (Wildman–Crippen LogP) is 0.378. The van der Waals surface area contributed by atoms with Gasteiger partial charge in [0.2, 0.25) is 5.91 Å². The van der Waals surface area contributed by atoms with Gasteiger partial charge in [0.1, 0.15) is 5.82 Å². The van der Waals surface area contributed by atoms with Gasteiger partial charge in [-0.1, -0.05) is 0 Å². The van der Waals surface area contributed by atoms with Gasteiger partial charge in [0.25, 0.3) is 5.91 Å². The monoisotopic (exact) mass is 250 g/mol. The molecule has 2 amide bonds. The van der Waals surface area contributed by atoms with Crippen molar-refractivity contribution in [3.05, 3.63) is 23.9 Å². The normalized spacial score (nSPS) is 10.0. The van der Waals surface area contributed by atoms with Crippen molar-refractivity contribution in [2.45, 2.75) is 19.9 Å². The summed E-state index contributed by atoms with van der Waals surface area (Å²) in [5.74, 6) is 0.159. The lowest BCUT2D eigenvalue weighted by atomic mass is 10.2. The fourth-order valence-electron chi connectivity index (χ4n) is 1.31. The van der Waals surface area contributed by atoms with Gasteiger partial charge in [0.15, 0.2) is 0 Å². The second-order valence-electron chi connectivity index (χ2n) is 4.09. The van der Waals surface area contributed by atoms with Gasteiger partial charge in [-0.05, 0) is 26.0 Å². The molecule has 0 atom stereocenters. The average molecular weight is 250 g/mol. The molecule has 1 rings (SSSR count). The molecule has 6 nitrogen and oxygen atoms in total. The Labute approximate surface area is 106 Å². The minimum atomic E-state index is -0.316. The van der Waals surface area contributed by atoms with Crippen LogP contribution in [-0.2, 0) is 4.79 Å². The Morgan fingerprint density at radius 1 is 1.33 bits per heavy atom. The van der Waals surface area contributed by atoms with E-state index in [1.165, 1.54) is 6.20 Å². The van der Waals surface area contributed by atoms with Crippen LogP contribution in [0.25, 0.3) is 0 Å². The molecule has 1 heterocycles. The van der Waals surface area contributed by atoms with Gasteiger partial charge in [-0.15, -0.1) is 0 Å². The number of hydrogen-bond acceptors (Lipinski definition) is 4. The number of amides is 2. The van der Waals surface area contributed by atoms with E-state index in [1.807, 2.05) is 13.8 Å². The lowest BCUT2D eigenvalue weighted by Gasteiger charge is -2.09. The number of nitrogens with zero attached hydrogens (tertiary/aromatic N) is 1. The van der Waals surface area contributed by atoms with Crippen LogP contribution < -0.4 is 16.0 Å². The number of carbonyl (C=O) groups excluding carboxylic acids is 2. The second kappa shape index (κ2) is 6.58. The highest BCUT2D eigenvalue weighted by molar-refractivity contribution is 5.96. The maximum Gasteiger partial charge on any atom is 0.253 e. The number of anilines is 1. The minimum Gasteiger partial charge on any atom is -0.373 e. The van der Waals surface area contributed by atoms with Gasteiger partial charge in [0.05, 0.1) is 12.1 Å². The first kappa shape index (κ1) is 14.0. The summed E-state index contributed by atoms with van der Waals surface area (Å²) < 4.78 is 0.